The lowest BCUT2D eigenvalue weighted by Gasteiger charge is -2.25. The number of hydrogen-bond donors (Lipinski definition) is 1. The number of fused-ring (bicyclic) bond motifs is 1. The maximum atomic E-state index is 12.3. The van der Waals surface area contributed by atoms with Crippen LogP contribution in [0, 0.1) is 11.8 Å². The lowest BCUT2D eigenvalue weighted by molar-refractivity contribution is -0.119. The maximum absolute atomic E-state index is 12.3. The van der Waals surface area contributed by atoms with E-state index in [1.54, 1.807) is 25.1 Å². The van der Waals surface area contributed by atoms with E-state index >= 15 is 0 Å². The van der Waals surface area contributed by atoms with E-state index in [1.807, 2.05) is 18.2 Å². The van der Waals surface area contributed by atoms with Gasteiger partial charge in [0.2, 0.25) is 0 Å². The summed E-state index contributed by atoms with van der Waals surface area (Å²) in [5.74, 6) is 0.499. The normalized spacial score (nSPS) is 21.4. The summed E-state index contributed by atoms with van der Waals surface area (Å²) < 4.78 is 33.6. The predicted octanol–water partition coefficient (Wildman–Crippen LogP) is 2.55. The summed E-state index contributed by atoms with van der Waals surface area (Å²) in [5, 5.41) is 5.01. The molecule has 146 valence electrons. The third kappa shape index (κ3) is 3.93. The van der Waals surface area contributed by atoms with Gasteiger partial charge in [-0.1, -0.05) is 24.3 Å². The molecule has 28 heavy (non-hydrogen) atoms. The van der Waals surface area contributed by atoms with Gasteiger partial charge in [0.05, 0.1) is 12.5 Å². The molecule has 0 radical (unpaired) electrons. The number of ether oxygens (including phenoxy) is 1. The molecule has 8 heteroatoms. The molecule has 0 bridgehead atoms. The molecule has 2 N–H and O–H groups in total. The Hall–Kier alpha value is -2.71. The molecule has 0 aromatic heterocycles. The van der Waals surface area contributed by atoms with Crippen LogP contribution in [0.5, 0.6) is 11.5 Å². The molecule has 4 rings (SSSR count). The minimum atomic E-state index is -4.17. The van der Waals surface area contributed by atoms with Gasteiger partial charge in [0.25, 0.3) is 5.91 Å². The summed E-state index contributed by atoms with van der Waals surface area (Å²) in [4.78, 5) is 16.5. The highest BCUT2D eigenvalue weighted by atomic mass is 32.2. The van der Waals surface area contributed by atoms with Crippen molar-refractivity contribution < 1.29 is 22.1 Å². The lowest BCUT2D eigenvalue weighted by Crippen LogP contribution is -2.23. The van der Waals surface area contributed by atoms with Crippen molar-refractivity contribution in [1.29, 1.82) is 0 Å². The third-order valence-electron chi connectivity index (χ3n) is 4.82. The predicted molar refractivity (Wildman–Crippen MR) is 105 cm³/mol. The first-order valence-corrected chi connectivity index (χ1v) is 10.5. The van der Waals surface area contributed by atoms with Crippen LogP contribution in [0.25, 0.3) is 5.57 Å². The first-order valence-electron chi connectivity index (χ1n) is 9.00. The molecule has 0 spiro atoms. The van der Waals surface area contributed by atoms with Crippen molar-refractivity contribution in [1.82, 2.24) is 0 Å². The van der Waals surface area contributed by atoms with Crippen molar-refractivity contribution in [3.8, 4) is 11.5 Å². The molecular formula is C20H20N2O5S. The van der Waals surface area contributed by atoms with Crippen molar-refractivity contribution in [3.05, 3.63) is 53.6 Å². The van der Waals surface area contributed by atoms with Crippen LogP contribution < -0.4 is 14.1 Å². The number of carbonyl (C=O) groups excluding carboxylic acids is 1. The van der Waals surface area contributed by atoms with E-state index < -0.39 is 16.2 Å². The van der Waals surface area contributed by atoms with E-state index in [-0.39, 0.29) is 11.7 Å². The van der Waals surface area contributed by atoms with Crippen molar-refractivity contribution in [2.75, 3.05) is 6.61 Å². The van der Waals surface area contributed by atoms with E-state index in [0.717, 1.165) is 24.0 Å². The molecule has 0 saturated heterocycles. The van der Waals surface area contributed by atoms with Crippen molar-refractivity contribution in [2.45, 2.75) is 19.8 Å². The summed E-state index contributed by atoms with van der Waals surface area (Å²) in [7, 11) is -4.17. The van der Waals surface area contributed by atoms with E-state index in [4.69, 9.17) is 14.1 Å². The van der Waals surface area contributed by atoms with Crippen LogP contribution in [0.15, 0.2) is 53.1 Å². The minimum absolute atomic E-state index is 0.0703. The van der Waals surface area contributed by atoms with Gasteiger partial charge in [0, 0.05) is 16.8 Å². The molecule has 1 heterocycles. The maximum Gasteiger partial charge on any atom is 0.380 e. The number of amides is 1. The highest BCUT2D eigenvalue weighted by molar-refractivity contribution is 7.84. The van der Waals surface area contributed by atoms with E-state index in [1.165, 1.54) is 6.07 Å². The number of benzene rings is 1. The number of aliphatic imine (C=N–C) groups is 1. The molecule has 1 aromatic carbocycles. The Kier molecular flexibility index (Phi) is 4.68. The first kappa shape index (κ1) is 18.6. The number of hydrogen-bond acceptors (Lipinski definition) is 5. The molecule has 1 saturated carbocycles. The number of carbonyl (C=O) groups is 1. The van der Waals surface area contributed by atoms with Gasteiger partial charge in [-0.25, -0.2) is 4.99 Å². The van der Waals surface area contributed by atoms with Crippen LogP contribution in [0.4, 0.5) is 0 Å². The Bertz CT molecular complexity index is 1060. The minimum Gasteiger partial charge on any atom is -0.493 e. The number of nitrogens with zero attached hydrogens (tertiary/aromatic N) is 1. The van der Waals surface area contributed by atoms with Gasteiger partial charge in [0.15, 0.2) is 0 Å². The number of allylic oxidation sites excluding steroid dienone is 4. The summed E-state index contributed by atoms with van der Waals surface area (Å²) >= 11 is 0. The Morgan fingerprint density at radius 3 is 2.75 bits per heavy atom. The summed E-state index contributed by atoms with van der Waals surface area (Å²) in [6.07, 6.45) is 9.61. The van der Waals surface area contributed by atoms with Gasteiger partial charge in [-0.3, -0.25) is 4.79 Å². The molecule has 1 amide bonds. The standard InChI is InChI=1S/C20H20N2O5S/c1-12-19(15-4-2-3-5-16(15)20(23)22-12)17-10-14(27-28(21,24)25)8-9-18(17)26-11-13-6-7-13/h2-5,8-10,13,16H,6-7,11H2,1H3,(H2,21,24,25). The molecule has 1 aromatic rings. The molecule has 3 aliphatic rings. The van der Waals surface area contributed by atoms with Crippen LogP contribution >= 0.6 is 0 Å². The van der Waals surface area contributed by atoms with Crippen molar-refractivity contribution >= 4 is 27.5 Å². The number of dihydropyridines is 1. The molecule has 7 nitrogen and oxygen atoms in total. The van der Waals surface area contributed by atoms with E-state index in [9.17, 15) is 13.2 Å². The van der Waals surface area contributed by atoms with Crippen molar-refractivity contribution in [2.24, 2.45) is 22.0 Å². The molecule has 1 aliphatic heterocycles. The van der Waals surface area contributed by atoms with E-state index in [2.05, 4.69) is 4.99 Å². The molecule has 1 unspecified atom stereocenters. The average molecular weight is 400 g/mol. The SMILES string of the molecule is CC1=NC(=O)C2C=CC=CC2=C1c1cc(OS(N)(=O)=O)ccc1OCC1CC1. The molecule has 1 atom stereocenters. The average Bonchev–Trinajstić information content (AvgIpc) is 3.44. The smallest absolute Gasteiger partial charge is 0.380 e. The highest BCUT2D eigenvalue weighted by Crippen LogP contribution is 2.40. The van der Waals surface area contributed by atoms with E-state index in [0.29, 0.717) is 29.5 Å². The Labute approximate surface area is 163 Å². The summed E-state index contributed by atoms with van der Waals surface area (Å²) in [5.41, 5.74) is 2.69. The lowest BCUT2D eigenvalue weighted by atomic mass is 9.83. The van der Waals surface area contributed by atoms with Gasteiger partial charge < -0.3 is 8.92 Å². The Morgan fingerprint density at radius 1 is 1.25 bits per heavy atom. The van der Waals surface area contributed by atoms with Crippen LogP contribution in [0.1, 0.15) is 25.3 Å². The zero-order valence-corrected chi connectivity index (χ0v) is 16.1. The fourth-order valence-electron chi connectivity index (χ4n) is 3.35. The van der Waals surface area contributed by atoms with Gasteiger partial charge in [-0.15, -0.1) is 0 Å². The zero-order chi connectivity index (χ0) is 19.9. The number of nitrogens with two attached hydrogens (primary N) is 1. The topological polar surface area (TPSA) is 108 Å². The summed E-state index contributed by atoms with van der Waals surface area (Å²) in [6.45, 7) is 2.33. The van der Waals surface area contributed by atoms with Gasteiger partial charge in [-0.05, 0) is 49.5 Å². The number of rotatable bonds is 6. The first-order chi connectivity index (χ1) is 13.3. The molecule has 1 fully saturated rings. The van der Waals surface area contributed by atoms with Crippen LogP contribution in [-0.4, -0.2) is 26.6 Å². The van der Waals surface area contributed by atoms with Crippen LogP contribution in [0.3, 0.4) is 0 Å². The van der Waals surface area contributed by atoms with Gasteiger partial charge in [0.1, 0.15) is 11.5 Å². The van der Waals surface area contributed by atoms with Crippen LogP contribution in [-0.2, 0) is 15.1 Å². The largest absolute Gasteiger partial charge is 0.493 e. The Balaban J connectivity index is 1.83. The monoisotopic (exact) mass is 400 g/mol. The molecular weight excluding hydrogens is 380 g/mol. The van der Waals surface area contributed by atoms with Gasteiger partial charge in [-0.2, -0.15) is 13.6 Å². The zero-order valence-electron chi connectivity index (χ0n) is 15.3. The fraction of sp³-hybridized carbons (Fsp3) is 0.300. The highest BCUT2D eigenvalue weighted by Gasteiger charge is 2.31. The second-order valence-corrected chi connectivity index (χ2v) is 8.23. The summed E-state index contributed by atoms with van der Waals surface area (Å²) in [6, 6.07) is 4.72. The second-order valence-electron chi connectivity index (χ2n) is 7.08. The fourth-order valence-corrected chi connectivity index (χ4v) is 3.73. The Morgan fingerprint density at radius 2 is 2.04 bits per heavy atom. The van der Waals surface area contributed by atoms with Gasteiger partial charge >= 0.3 is 10.3 Å². The molecule has 2 aliphatic carbocycles. The second kappa shape index (κ2) is 7.03. The third-order valence-corrected chi connectivity index (χ3v) is 5.25. The quantitative estimate of drug-likeness (QED) is 0.789. The van der Waals surface area contributed by atoms with Crippen LogP contribution in [0.2, 0.25) is 0 Å². The van der Waals surface area contributed by atoms with Crippen molar-refractivity contribution in [3.63, 3.8) is 0 Å².